The van der Waals surface area contributed by atoms with Gasteiger partial charge in [0.05, 0.1) is 11.7 Å². The topological polar surface area (TPSA) is 50.9 Å². The quantitative estimate of drug-likeness (QED) is 0.838. The first-order chi connectivity index (χ1) is 12.5. The van der Waals surface area contributed by atoms with E-state index in [1.165, 1.54) is 11.3 Å². The smallest absolute Gasteiger partial charge is 0.245 e. The van der Waals surface area contributed by atoms with E-state index < -0.39 is 0 Å². The summed E-state index contributed by atoms with van der Waals surface area (Å²) in [6.07, 6.45) is 4.64. The number of nitrogens with zero attached hydrogens (tertiary/aromatic N) is 3. The van der Waals surface area contributed by atoms with Crippen LogP contribution in [-0.2, 0) is 11.3 Å². The highest BCUT2D eigenvalue weighted by Crippen LogP contribution is 2.44. The molecule has 6 nitrogen and oxygen atoms in total. The molecule has 0 bridgehead atoms. The number of fused-ring (bicyclic) bond motifs is 5. The molecule has 3 saturated heterocycles. The van der Waals surface area contributed by atoms with Gasteiger partial charge in [0.25, 0.3) is 0 Å². The number of rotatable bonds is 2. The van der Waals surface area contributed by atoms with Gasteiger partial charge in [0.15, 0.2) is 6.29 Å². The Kier molecular flexibility index (Phi) is 3.48. The molecule has 3 fully saturated rings. The first-order valence-electron chi connectivity index (χ1n) is 9.59. The molecule has 6 heteroatoms. The third kappa shape index (κ3) is 2.12. The third-order valence-corrected chi connectivity index (χ3v) is 6.58. The monoisotopic (exact) mass is 353 g/mol. The number of allylic oxidation sites excluding steroid dienone is 1. The highest BCUT2D eigenvalue weighted by molar-refractivity contribution is 5.84. The fraction of sp³-hybridized carbons (Fsp3) is 0.550. The van der Waals surface area contributed by atoms with Crippen molar-refractivity contribution in [1.82, 2.24) is 25.3 Å². The minimum atomic E-state index is -0.169. The third-order valence-electron chi connectivity index (χ3n) is 6.58. The molecular weight excluding hydrogens is 326 g/mol. The second-order valence-corrected chi connectivity index (χ2v) is 8.22. The summed E-state index contributed by atoms with van der Waals surface area (Å²) < 4.78 is 0. The summed E-state index contributed by atoms with van der Waals surface area (Å²) in [5, 5.41) is 7.41. The van der Waals surface area contributed by atoms with Gasteiger partial charge in [-0.25, -0.2) is 0 Å². The van der Waals surface area contributed by atoms with Crippen LogP contribution in [0.25, 0.3) is 0 Å². The highest BCUT2D eigenvalue weighted by Gasteiger charge is 2.60. The molecule has 1 aromatic carbocycles. The van der Waals surface area contributed by atoms with E-state index in [-0.39, 0.29) is 36.1 Å². The summed E-state index contributed by atoms with van der Waals surface area (Å²) in [6.45, 7) is 5.20. The Balaban J connectivity index is 1.50. The van der Waals surface area contributed by atoms with Crippen molar-refractivity contribution in [2.75, 3.05) is 7.05 Å². The van der Waals surface area contributed by atoms with Crippen LogP contribution in [0.1, 0.15) is 32.3 Å². The lowest BCUT2D eigenvalue weighted by atomic mass is 10.00. The van der Waals surface area contributed by atoms with Crippen molar-refractivity contribution in [1.29, 1.82) is 0 Å². The standard InChI is InChI=1S/C20H27N5O/c1-13-21-17-16(24(13)12-14-8-5-4-6-9-14)18(26)23(3)19-22-20(2)11-7-10-15(20)25(17)19/h4-6,8-10,13,16-17,19,21-22H,7,11-12H2,1-3H3/t13-,16?,17?,19?,20?/m1/s1. The molecule has 3 aliphatic heterocycles. The molecule has 1 aliphatic carbocycles. The molecule has 26 heavy (non-hydrogen) atoms. The Bertz CT molecular complexity index is 765. The molecule has 2 N–H and O–H groups in total. The van der Waals surface area contributed by atoms with E-state index in [4.69, 9.17) is 0 Å². The van der Waals surface area contributed by atoms with Crippen molar-refractivity contribution in [2.45, 2.75) is 63.4 Å². The number of hydrogen-bond acceptors (Lipinski definition) is 5. The molecule has 0 saturated carbocycles. The zero-order valence-electron chi connectivity index (χ0n) is 15.6. The maximum atomic E-state index is 13.3. The van der Waals surface area contributed by atoms with Crippen molar-refractivity contribution >= 4 is 5.91 Å². The summed E-state index contributed by atoms with van der Waals surface area (Å²) in [6, 6.07) is 10.3. The van der Waals surface area contributed by atoms with Crippen LogP contribution >= 0.6 is 0 Å². The van der Waals surface area contributed by atoms with Gasteiger partial charge in [-0.15, -0.1) is 0 Å². The normalized spacial score (nSPS) is 39.0. The molecule has 0 radical (unpaired) electrons. The Hall–Kier alpha value is -1.89. The van der Waals surface area contributed by atoms with Gasteiger partial charge in [-0.2, -0.15) is 0 Å². The molecule has 5 rings (SSSR count). The number of carbonyl (C=O) groups excluding carboxylic acids is 1. The van der Waals surface area contributed by atoms with E-state index in [0.29, 0.717) is 0 Å². The van der Waals surface area contributed by atoms with Crippen LogP contribution in [0.4, 0.5) is 0 Å². The van der Waals surface area contributed by atoms with Crippen LogP contribution in [0.2, 0.25) is 0 Å². The number of hydrogen-bond donors (Lipinski definition) is 2. The fourth-order valence-corrected chi connectivity index (χ4v) is 5.18. The Labute approximate surface area is 154 Å². The molecule has 5 atom stereocenters. The summed E-state index contributed by atoms with van der Waals surface area (Å²) in [4.78, 5) is 19.9. The summed E-state index contributed by atoms with van der Waals surface area (Å²) >= 11 is 0. The van der Waals surface area contributed by atoms with Gasteiger partial charge in [-0.05, 0) is 32.3 Å². The molecule has 3 heterocycles. The van der Waals surface area contributed by atoms with Gasteiger partial charge < -0.3 is 9.80 Å². The maximum absolute atomic E-state index is 13.3. The van der Waals surface area contributed by atoms with Crippen molar-refractivity contribution in [3.63, 3.8) is 0 Å². The fourth-order valence-electron chi connectivity index (χ4n) is 5.18. The number of benzene rings is 1. The van der Waals surface area contributed by atoms with Crippen LogP contribution in [-0.4, -0.2) is 57.9 Å². The molecule has 0 aromatic heterocycles. The Morgan fingerprint density at radius 1 is 1.27 bits per heavy atom. The van der Waals surface area contributed by atoms with Crippen LogP contribution in [0.5, 0.6) is 0 Å². The summed E-state index contributed by atoms with van der Waals surface area (Å²) in [7, 11) is 1.93. The minimum absolute atomic E-state index is 0.0149. The van der Waals surface area contributed by atoms with Crippen LogP contribution in [0, 0.1) is 0 Å². The van der Waals surface area contributed by atoms with Crippen LogP contribution < -0.4 is 10.6 Å². The molecule has 4 aliphatic rings. The minimum Gasteiger partial charge on any atom is -0.323 e. The van der Waals surface area contributed by atoms with Gasteiger partial charge in [-0.3, -0.25) is 20.3 Å². The highest BCUT2D eigenvalue weighted by atomic mass is 16.2. The van der Waals surface area contributed by atoms with Crippen LogP contribution in [0.15, 0.2) is 42.1 Å². The first-order valence-corrected chi connectivity index (χ1v) is 9.59. The van der Waals surface area contributed by atoms with Gasteiger partial charge in [0.1, 0.15) is 12.2 Å². The average molecular weight is 353 g/mol. The van der Waals surface area contributed by atoms with E-state index in [1.54, 1.807) is 0 Å². The van der Waals surface area contributed by atoms with E-state index in [2.05, 4.69) is 64.6 Å². The molecular formula is C20H27N5O. The zero-order chi connectivity index (χ0) is 18.1. The van der Waals surface area contributed by atoms with Gasteiger partial charge >= 0.3 is 0 Å². The van der Waals surface area contributed by atoms with Gasteiger partial charge in [0, 0.05) is 19.3 Å². The number of nitrogens with one attached hydrogen (secondary N) is 2. The zero-order valence-corrected chi connectivity index (χ0v) is 15.6. The maximum Gasteiger partial charge on any atom is 0.245 e. The van der Waals surface area contributed by atoms with Gasteiger partial charge in [0.2, 0.25) is 5.91 Å². The second-order valence-electron chi connectivity index (χ2n) is 8.22. The molecule has 4 unspecified atom stereocenters. The molecule has 0 spiro atoms. The first kappa shape index (κ1) is 16.3. The lowest BCUT2D eigenvalue weighted by Crippen LogP contribution is -2.68. The van der Waals surface area contributed by atoms with Crippen molar-refractivity contribution in [2.24, 2.45) is 0 Å². The lowest BCUT2D eigenvalue weighted by molar-refractivity contribution is -0.151. The lowest BCUT2D eigenvalue weighted by Gasteiger charge is -2.46. The van der Waals surface area contributed by atoms with E-state index in [0.717, 1.165) is 19.4 Å². The number of likely N-dealkylation sites (N-methyl/N-ethyl adjacent to an activating group) is 1. The molecule has 1 aromatic rings. The van der Waals surface area contributed by atoms with Gasteiger partial charge in [-0.1, -0.05) is 36.4 Å². The van der Waals surface area contributed by atoms with E-state index in [9.17, 15) is 4.79 Å². The summed E-state index contributed by atoms with van der Waals surface area (Å²) in [5.41, 5.74) is 2.56. The molecule has 138 valence electrons. The Morgan fingerprint density at radius 3 is 2.81 bits per heavy atom. The predicted molar refractivity (Wildman–Crippen MR) is 99.4 cm³/mol. The predicted octanol–water partition coefficient (Wildman–Crippen LogP) is 1.23. The average Bonchev–Trinajstić information content (AvgIpc) is 3.23. The molecule has 1 amide bonds. The van der Waals surface area contributed by atoms with Crippen molar-refractivity contribution < 1.29 is 4.79 Å². The SMILES string of the molecule is C[C@@H]1NC2C(C(=O)N(C)C3NC4(C)CCC=C4N23)N1Cc1ccccc1. The van der Waals surface area contributed by atoms with Crippen LogP contribution in [0.3, 0.4) is 0 Å². The number of amides is 1. The largest absolute Gasteiger partial charge is 0.323 e. The number of carbonyl (C=O) groups is 1. The Morgan fingerprint density at radius 2 is 2.04 bits per heavy atom. The summed E-state index contributed by atoms with van der Waals surface area (Å²) in [5.74, 6) is 0.195. The second kappa shape index (κ2) is 5.55. The van der Waals surface area contributed by atoms with E-state index >= 15 is 0 Å². The van der Waals surface area contributed by atoms with Crippen molar-refractivity contribution in [3.05, 3.63) is 47.7 Å². The van der Waals surface area contributed by atoms with E-state index in [1.807, 2.05) is 18.0 Å². The van der Waals surface area contributed by atoms with Crippen molar-refractivity contribution in [3.8, 4) is 0 Å².